The normalized spacial score (nSPS) is 18.2. The summed E-state index contributed by atoms with van der Waals surface area (Å²) in [6.45, 7) is 0.546. The van der Waals surface area contributed by atoms with Crippen molar-refractivity contribution in [1.82, 2.24) is 0 Å². The number of hydrogen-bond acceptors (Lipinski definition) is 2. The first kappa shape index (κ1) is 8.51. The van der Waals surface area contributed by atoms with Crippen LogP contribution in [0.15, 0.2) is 22.7 Å². The van der Waals surface area contributed by atoms with Crippen LogP contribution in [0.1, 0.15) is 12.0 Å². The van der Waals surface area contributed by atoms with E-state index in [0.29, 0.717) is 30.1 Å². The number of halogens is 2. The smallest absolute Gasteiger partial charge is 0.128 e. The van der Waals surface area contributed by atoms with Crippen LogP contribution in [-0.4, -0.2) is 12.3 Å². The topological polar surface area (TPSA) is 21.6 Å². The zero-order chi connectivity index (χ0) is 9.26. The van der Waals surface area contributed by atoms with Crippen molar-refractivity contribution in [3.05, 3.63) is 29.6 Å². The Morgan fingerprint density at radius 2 is 2.31 bits per heavy atom. The van der Waals surface area contributed by atoms with Crippen LogP contribution in [0.3, 0.4) is 0 Å². The van der Waals surface area contributed by atoms with Crippen LogP contribution in [-0.2, 0) is 0 Å². The molecule has 0 spiro atoms. The molecule has 2 nitrogen and oxygen atoms in total. The van der Waals surface area contributed by atoms with Gasteiger partial charge in [0.2, 0.25) is 0 Å². The Hall–Kier alpha value is -1.09. The summed E-state index contributed by atoms with van der Waals surface area (Å²) in [5, 5.41) is 0. The monoisotopic (exact) mass is 199 g/mol. The first-order valence-corrected chi connectivity index (χ1v) is 4.25. The Morgan fingerprint density at radius 1 is 1.46 bits per heavy atom. The molecule has 0 saturated heterocycles. The van der Waals surface area contributed by atoms with E-state index in [4.69, 9.17) is 16.5 Å². The Labute approximate surface area is 80.1 Å². The molecule has 0 radical (unpaired) electrons. The second-order valence-corrected chi connectivity index (χ2v) is 2.94. The fourth-order valence-electron chi connectivity index (χ4n) is 1.33. The van der Waals surface area contributed by atoms with Crippen molar-refractivity contribution in [3.63, 3.8) is 0 Å². The van der Waals surface area contributed by atoms with Crippen LogP contribution >= 0.6 is 11.8 Å². The molecule has 0 unspecified atom stereocenters. The lowest BCUT2D eigenvalue weighted by Gasteiger charge is -2.17. The average Bonchev–Trinajstić information content (AvgIpc) is 2.17. The van der Waals surface area contributed by atoms with Crippen molar-refractivity contribution in [2.24, 2.45) is 4.51 Å². The quantitative estimate of drug-likeness (QED) is 0.629. The molecule has 0 aromatic heterocycles. The zero-order valence-electron chi connectivity index (χ0n) is 6.76. The van der Waals surface area contributed by atoms with Gasteiger partial charge >= 0.3 is 0 Å². The molecule has 1 aliphatic heterocycles. The van der Waals surface area contributed by atoms with Crippen molar-refractivity contribution in [3.8, 4) is 5.75 Å². The Bertz CT molecular complexity index is 365. The molecule has 0 saturated carbocycles. The number of nitrogens with zero attached hydrogens (tertiary/aromatic N) is 1. The van der Waals surface area contributed by atoms with Gasteiger partial charge in [-0.25, -0.2) is 4.39 Å². The van der Waals surface area contributed by atoms with Crippen LogP contribution in [0.2, 0.25) is 0 Å². The Kier molecular flexibility index (Phi) is 2.19. The molecule has 0 N–H and O–H groups in total. The summed E-state index contributed by atoms with van der Waals surface area (Å²) in [4.78, 5) is 0. The number of ether oxygens (including phenoxy) is 1. The molecule has 1 aromatic rings. The van der Waals surface area contributed by atoms with Gasteiger partial charge in [0, 0.05) is 23.8 Å². The van der Waals surface area contributed by atoms with E-state index in [0.717, 1.165) is 0 Å². The van der Waals surface area contributed by atoms with Gasteiger partial charge < -0.3 is 4.74 Å². The molecule has 1 heterocycles. The van der Waals surface area contributed by atoms with Gasteiger partial charge in [-0.15, -0.1) is 0 Å². The molecule has 1 aromatic carbocycles. The van der Waals surface area contributed by atoms with E-state index in [1.54, 1.807) is 6.07 Å². The molecular weight excluding hydrogens is 193 g/mol. The SMILES string of the molecule is Fc1ccc2c(c1)/C(=N\Cl)CCO2. The van der Waals surface area contributed by atoms with Gasteiger partial charge in [0.05, 0.1) is 12.3 Å². The van der Waals surface area contributed by atoms with E-state index < -0.39 is 0 Å². The zero-order valence-corrected chi connectivity index (χ0v) is 7.51. The molecule has 0 bridgehead atoms. The third-order valence-electron chi connectivity index (χ3n) is 1.95. The first-order chi connectivity index (χ1) is 6.31. The summed E-state index contributed by atoms with van der Waals surface area (Å²) in [5.41, 5.74) is 1.34. The lowest BCUT2D eigenvalue weighted by Crippen LogP contribution is -2.15. The maximum atomic E-state index is 12.9. The van der Waals surface area contributed by atoms with Crippen LogP contribution in [0, 0.1) is 5.82 Å². The highest BCUT2D eigenvalue weighted by molar-refractivity contribution is 6.23. The fraction of sp³-hybridized carbons (Fsp3) is 0.222. The van der Waals surface area contributed by atoms with Gasteiger partial charge in [0.1, 0.15) is 11.6 Å². The van der Waals surface area contributed by atoms with Crippen molar-refractivity contribution >= 4 is 17.5 Å². The molecule has 2 rings (SSSR count). The van der Waals surface area contributed by atoms with E-state index in [-0.39, 0.29) is 5.82 Å². The van der Waals surface area contributed by atoms with E-state index in [1.165, 1.54) is 12.1 Å². The molecule has 1 aliphatic rings. The third kappa shape index (κ3) is 1.52. The Balaban J connectivity index is 2.54. The second-order valence-electron chi connectivity index (χ2n) is 2.77. The van der Waals surface area contributed by atoms with E-state index in [9.17, 15) is 4.39 Å². The van der Waals surface area contributed by atoms with Gasteiger partial charge in [0.15, 0.2) is 0 Å². The first-order valence-electron chi connectivity index (χ1n) is 3.92. The molecule has 4 heteroatoms. The molecule has 0 amide bonds. The third-order valence-corrected chi connectivity index (χ3v) is 2.16. The lowest BCUT2D eigenvalue weighted by atomic mass is 10.0. The minimum Gasteiger partial charge on any atom is -0.492 e. The fourth-order valence-corrected chi connectivity index (χ4v) is 1.51. The molecule has 68 valence electrons. The molecular formula is C9H7ClFNO. The van der Waals surface area contributed by atoms with Crippen molar-refractivity contribution in [2.45, 2.75) is 6.42 Å². The van der Waals surface area contributed by atoms with Crippen LogP contribution in [0.25, 0.3) is 0 Å². The summed E-state index contributed by atoms with van der Waals surface area (Å²) < 4.78 is 21.7. The molecule has 0 aliphatic carbocycles. The molecule has 0 fully saturated rings. The van der Waals surface area contributed by atoms with Crippen molar-refractivity contribution in [2.75, 3.05) is 6.61 Å². The van der Waals surface area contributed by atoms with Gasteiger partial charge in [0.25, 0.3) is 0 Å². The standard InChI is InChI=1S/C9H7ClFNO/c10-12-8-3-4-13-9-2-1-6(11)5-7(8)9/h1-2,5H,3-4H2/b12-8-. The largest absolute Gasteiger partial charge is 0.492 e. The van der Waals surface area contributed by atoms with Crippen molar-refractivity contribution in [1.29, 1.82) is 0 Å². The number of rotatable bonds is 0. The predicted molar refractivity (Wildman–Crippen MR) is 48.9 cm³/mol. The second kappa shape index (κ2) is 3.34. The Morgan fingerprint density at radius 3 is 3.08 bits per heavy atom. The van der Waals surface area contributed by atoms with Crippen LogP contribution < -0.4 is 4.74 Å². The summed E-state index contributed by atoms with van der Waals surface area (Å²) >= 11 is 5.37. The van der Waals surface area contributed by atoms with E-state index in [1.807, 2.05) is 0 Å². The van der Waals surface area contributed by atoms with Gasteiger partial charge in [-0.05, 0) is 18.2 Å². The number of hydrogen-bond donors (Lipinski definition) is 0. The minimum atomic E-state index is -0.304. The number of benzene rings is 1. The summed E-state index contributed by atoms with van der Waals surface area (Å²) in [7, 11) is 0. The highest BCUT2D eigenvalue weighted by atomic mass is 35.5. The maximum absolute atomic E-state index is 12.9. The predicted octanol–water partition coefficient (Wildman–Crippen LogP) is 2.55. The van der Waals surface area contributed by atoms with E-state index in [2.05, 4.69) is 4.51 Å². The molecule has 0 atom stereocenters. The van der Waals surface area contributed by atoms with Crippen LogP contribution in [0.5, 0.6) is 5.75 Å². The van der Waals surface area contributed by atoms with Gasteiger partial charge in [-0.3, -0.25) is 0 Å². The molecule has 13 heavy (non-hydrogen) atoms. The average molecular weight is 200 g/mol. The summed E-state index contributed by atoms with van der Waals surface area (Å²) in [6, 6.07) is 4.33. The summed E-state index contributed by atoms with van der Waals surface area (Å²) in [5.74, 6) is 0.342. The maximum Gasteiger partial charge on any atom is 0.128 e. The highest BCUT2D eigenvalue weighted by Crippen LogP contribution is 2.25. The summed E-state index contributed by atoms with van der Waals surface area (Å²) in [6.07, 6.45) is 0.625. The lowest BCUT2D eigenvalue weighted by molar-refractivity contribution is 0.320. The van der Waals surface area contributed by atoms with Gasteiger partial charge in [-0.2, -0.15) is 4.51 Å². The number of fused-ring (bicyclic) bond motifs is 1. The highest BCUT2D eigenvalue weighted by Gasteiger charge is 2.16. The van der Waals surface area contributed by atoms with E-state index >= 15 is 0 Å². The minimum absolute atomic E-state index is 0.304. The van der Waals surface area contributed by atoms with Crippen molar-refractivity contribution < 1.29 is 9.13 Å². The van der Waals surface area contributed by atoms with Gasteiger partial charge in [-0.1, -0.05) is 0 Å². The van der Waals surface area contributed by atoms with Crippen LogP contribution in [0.4, 0.5) is 4.39 Å².